The largest absolute Gasteiger partial charge is 0.489 e. The number of hydrogen-bond acceptors (Lipinski definition) is 4. The summed E-state index contributed by atoms with van der Waals surface area (Å²) in [4.78, 5) is 4.38. The molecule has 0 saturated carbocycles. The Kier molecular flexibility index (Phi) is 4.23. The van der Waals surface area contributed by atoms with Gasteiger partial charge in [-0.2, -0.15) is 0 Å². The fourth-order valence-corrected chi connectivity index (χ4v) is 2.69. The van der Waals surface area contributed by atoms with Crippen LogP contribution in [0.15, 0.2) is 59.6 Å². The van der Waals surface area contributed by atoms with E-state index in [1.807, 2.05) is 42.5 Å². The van der Waals surface area contributed by atoms with Crippen molar-refractivity contribution in [2.24, 2.45) is 4.99 Å². The molecule has 102 valence electrons. The van der Waals surface area contributed by atoms with Gasteiger partial charge in [0.25, 0.3) is 0 Å². The van der Waals surface area contributed by atoms with Gasteiger partial charge >= 0.3 is 0 Å². The maximum atomic E-state index is 5.81. The molecule has 3 rings (SSSR count). The van der Waals surface area contributed by atoms with E-state index in [-0.39, 0.29) is 0 Å². The average molecular weight is 284 g/mol. The van der Waals surface area contributed by atoms with Crippen molar-refractivity contribution in [3.8, 4) is 5.75 Å². The van der Waals surface area contributed by atoms with Crippen LogP contribution in [-0.2, 0) is 6.61 Å². The van der Waals surface area contributed by atoms with Gasteiger partial charge in [0.05, 0.1) is 6.54 Å². The van der Waals surface area contributed by atoms with Crippen molar-refractivity contribution in [3.05, 3.63) is 60.2 Å². The molecule has 4 heteroatoms. The Morgan fingerprint density at radius 3 is 2.80 bits per heavy atom. The van der Waals surface area contributed by atoms with Crippen LogP contribution in [-0.4, -0.2) is 17.5 Å². The van der Waals surface area contributed by atoms with Crippen molar-refractivity contribution >= 4 is 22.6 Å². The minimum atomic E-state index is 0.583. The molecule has 2 aromatic carbocycles. The molecule has 0 atom stereocenters. The molecule has 1 N–H and O–H groups in total. The number of anilines is 1. The lowest BCUT2D eigenvalue weighted by molar-refractivity contribution is 0.306. The van der Waals surface area contributed by atoms with Gasteiger partial charge < -0.3 is 10.1 Å². The highest BCUT2D eigenvalue weighted by Crippen LogP contribution is 2.21. The summed E-state index contributed by atoms with van der Waals surface area (Å²) < 4.78 is 5.81. The van der Waals surface area contributed by atoms with Gasteiger partial charge in [0.2, 0.25) is 0 Å². The fourth-order valence-electron chi connectivity index (χ4n) is 1.94. The third-order valence-corrected chi connectivity index (χ3v) is 3.81. The molecule has 1 heterocycles. The minimum absolute atomic E-state index is 0.583. The molecule has 0 aliphatic carbocycles. The van der Waals surface area contributed by atoms with E-state index in [1.54, 1.807) is 11.8 Å². The van der Waals surface area contributed by atoms with Gasteiger partial charge in [0.15, 0.2) is 5.17 Å². The second kappa shape index (κ2) is 6.48. The highest BCUT2D eigenvalue weighted by atomic mass is 32.2. The van der Waals surface area contributed by atoms with Crippen LogP contribution in [0.5, 0.6) is 5.75 Å². The molecule has 3 nitrogen and oxygen atoms in total. The van der Waals surface area contributed by atoms with Crippen molar-refractivity contribution in [1.29, 1.82) is 0 Å². The Balaban J connectivity index is 1.62. The molecular formula is C16H16N2OS. The first-order chi connectivity index (χ1) is 9.90. The Morgan fingerprint density at radius 1 is 1.10 bits per heavy atom. The van der Waals surface area contributed by atoms with E-state index < -0.39 is 0 Å². The molecule has 0 saturated heterocycles. The summed E-state index contributed by atoms with van der Waals surface area (Å²) in [5, 5.41) is 4.30. The molecule has 0 amide bonds. The van der Waals surface area contributed by atoms with Gasteiger partial charge in [-0.25, -0.2) is 0 Å². The molecule has 0 unspecified atom stereocenters. The maximum Gasteiger partial charge on any atom is 0.161 e. The van der Waals surface area contributed by atoms with Gasteiger partial charge in [-0.15, -0.1) is 0 Å². The number of benzene rings is 2. The van der Waals surface area contributed by atoms with Crippen molar-refractivity contribution in [1.82, 2.24) is 0 Å². The molecule has 20 heavy (non-hydrogen) atoms. The summed E-state index contributed by atoms with van der Waals surface area (Å²) in [6, 6.07) is 18.2. The number of aliphatic imine (C=N–C) groups is 1. The molecule has 0 fully saturated rings. The Bertz CT molecular complexity index is 598. The normalized spacial score (nSPS) is 13.9. The van der Waals surface area contributed by atoms with Gasteiger partial charge in [-0.05, 0) is 17.7 Å². The highest BCUT2D eigenvalue weighted by molar-refractivity contribution is 8.14. The van der Waals surface area contributed by atoms with Crippen LogP contribution in [0.4, 0.5) is 5.69 Å². The second-order valence-electron chi connectivity index (χ2n) is 4.46. The first-order valence-corrected chi connectivity index (χ1v) is 7.60. The van der Waals surface area contributed by atoms with Crippen LogP contribution in [0.2, 0.25) is 0 Å². The zero-order valence-corrected chi connectivity index (χ0v) is 11.9. The summed E-state index contributed by atoms with van der Waals surface area (Å²) in [6.45, 7) is 1.48. The van der Waals surface area contributed by atoms with Crippen molar-refractivity contribution in [3.63, 3.8) is 0 Å². The maximum absolute atomic E-state index is 5.81. The molecule has 1 aliphatic rings. The average Bonchev–Trinajstić information content (AvgIpc) is 3.00. The zero-order valence-electron chi connectivity index (χ0n) is 11.1. The summed E-state index contributed by atoms with van der Waals surface area (Å²) in [5.41, 5.74) is 2.19. The molecule has 0 bridgehead atoms. The molecule has 2 aromatic rings. The number of nitrogens with zero attached hydrogens (tertiary/aromatic N) is 1. The first kappa shape index (κ1) is 13.1. The van der Waals surface area contributed by atoms with E-state index in [4.69, 9.17) is 4.74 Å². The van der Waals surface area contributed by atoms with Gasteiger partial charge in [-0.1, -0.05) is 48.2 Å². The third kappa shape index (κ3) is 3.54. The van der Waals surface area contributed by atoms with Crippen LogP contribution in [0.25, 0.3) is 0 Å². The van der Waals surface area contributed by atoms with E-state index in [2.05, 4.69) is 22.4 Å². The van der Waals surface area contributed by atoms with Crippen LogP contribution in [0.3, 0.4) is 0 Å². The SMILES string of the molecule is c1ccc(COc2cccc(NC3=NCCS3)c2)cc1. The molecule has 1 aliphatic heterocycles. The van der Waals surface area contributed by atoms with Gasteiger partial charge in [0, 0.05) is 17.5 Å². The summed E-state index contributed by atoms with van der Waals surface area (Å²) in [5.74, 6) is 1.93. The van der Waals surface area contributed by atoms with Crippen LogP contribution >= 0.6 is 11.8 Å². The van der Waals surface area contributed by atoms with Crippen LogP contribution in [0.1, 0.15) is 5.56 Å². The van der Waals surface area contributed by atoms with Crippen LogP contribution in [0, 0.1) is 0 Å². The minimum Gasteiger partial charge on any atom is -0.489 e. The molecule has 0 radical (unpaired) electrons. The highest BCUT2D eigenvalue weighted by Gasteiger charge is 2.07. The van der Waals surface area contributed by atoms with Crippen molar-refractivity contribution in [2.75, 3.05) is 17.6 Å². The zero-order chi connectivity index (χ0) is 13.6. The summed E-state index contributed by atoms with van der Waals surface area (Å²) >= 11 is 1.75. The predicted molar refractivity (Wildman–Crippen MR) is 85.6 cm³/mol. The Hall–Kier alpha value is -1.94. The monoisotopic (exact) mass is 284 g/mol. The lowest BCUT2D eigenvalue weighted by atomic mass is 10.2. The van der Waals surface area contributed by atoms with Gasteiger partial charge in [0.1, 0.15) is 12.4 Å². The number of hydrogen-bond donors (Lipinski definition) is 1. The summed E-state index contributed by atoms with van der Waals surface area (Å²) in [7, 11) is 0. The number of nitrogens with one attached hydrogen (secondary N) is 1. The Morgan fingerprint density at radius 2 is 2.00 bits per heavy atom. The van der Waals surface area contributed by atoms with Crippen molar-refractivity contribution in [2.45, 2.75) is 6.61 Å². The predicted octanol–water partition coefficient (Wildman–Crippen LogP) is 3.78. The number of thioether (sulfide) groups is 1. The lowest BCUT2D eigenvalue weighted by Crippen LogP contribution is -2.05. The van der Waals surface area contributed by atoms with Gasteiger partial charge in [-0.3, -0.25) is 4.99 Å². The topological polar surface area (TPSA) is 33.6 Å². The standard InChI is InChI=1S/C16H16N2OS/c1-2-5-13(6-3-1)12-19-15-8-4-7-14(11-15)18-16-17-9-10-20-16/h1-8,11H,9-10,12H2,(H,17,18). The van der Waals surface area contributed by atoms with E-state index in [9.17, 15) is 0 Å². The smallest absolute Gasteiger partial charge is 0.161 e. The van der Waals surface area contributed by atoms with Crippen LogP contribution < -0.4 is 10.1 Å². The quantitative estimate of drug-likeness (QED) is 0.927. The van der Waals surface area contributed by atoms with E-state index in [0.717, 1.165) is 28.9 Å². The van der Waals surface area contributed by atoms with E-state index >= 15 is 0 Å². The molecular weight excluding hydrogens is 268 g/mol. The second-order valence-corrected chi connectivity index (χ2v) is 5.55. The van der Waals surface area contributed by atoms with Crippen molar-refractivity contribution < 1.29 is 4.74 Å². The summed E-state index contributed by atoms with van der Waals surface area (Å²) in [6.07, 6.45) is 0. The lowest BCUT2D eigenvalue weighted by Gasteiger charge is -2.09. The van der Waals surface area contributed by atoms with E-state index in [0.29, 0.717) is 6.61 Å². The number of rotatable bonds is 4. The first-order valence-electron chi connectivity index (χ1n) is 6.61. The van der Waals surface area contributed by atoms with E-state index in [1.165, 1.54) is 5.56 Å². The number of ether oxygens (including phenoxy) is 1. The molecule has 0 aromatic heterocycles. The fraction of sp³-hybridized carbons (Fsp3) is 0.188. The third-order valence-electron chi connectivity index (χ3n) is 2.92. The Labute approximate surface area is 123 Å². The molecule has 0 spiro atoms. The number of amidine groups is 1.